The Kier molecular flexibility index (Phi) is 5.05. The molecule has 0 unspecified atom stereocenters. The molecule has 1 aliphatic rings. The first-order valence-corrected chi connectivity index (χ1v) is 8.78. The number of carbonyl (C=O) groups is 1. The molecule has 2 rings (SSSR count). The molecule has 1 N–H and O–H groups in total. The zero-order valence-electron chi connectivity index (χ0n) is 11.1. The minimum atomic E-state index is -3.63. The molecule has 20 heavy (non-hydrogen) atoms. The zero-order chi connectivity index (χ0) is 14.6. The van der Waals surface area contributed by atoms with Gasteiger partial charge in [-0.3, -0.25) is 4.79 Å². The summed E-state index contributed by atoms with van der Waals surface area (Å²) in [6, 6.07) is 6.10. The number of hydrogen-bond acceptors (Lipinski definition) is 3. The molecule has 1 amide bonds. The first-order chi connectivity index (χ1) is 9.47. The average Bonchev–Trinajstić information content (AvgIpc) is 2.39. The first-order valence-electron chi connectivity index (χ1n) is 6.75. The third-order valence-electron chi connectivity index (χ3n) is 3.45. The molecule has 1 aromatic rings. The van der Waals surface area contributed by atoms with Gasteiger partial charge in [0.15, 0.2) is 9.84 Å². The van der Waals surface area contributed by atoms with Crippen molar-refractivity contribution >= 4 is 27.3 Å². The lowest BCUT2D eigenvalue weighted by Crippen LogP contribution is -2.39. The van der Waals surface area contributed by atoms with Crippen molar-refractivity contribution in [2.45, 2.75) is 43.0 Å². The number of benzene rings is 1. The highest BCUT2D eigenvalue weighted by Crippen LogP contribution is 2.19. The summed E-state index contributed by atoms with van der Waals surface area (Å²) in [5.41, 5.74) is 0. The largest absolute Gasteiger partial charge is 0.352 e. The Bertz CT molecular complexity index is 580. The highest BCUT2D eigenvalue weighted by Gasteiger charge is 2.22. The Labute approximate surface area is 124 Å². The Hall–Kier alpha value is -1.07. The normalized spacial score (nSPS) is 16.9. The quantitative estimate of drug-likeness (QED) is 0.928. The molecule has 1 aliphatic carbocycles. The minimum Gasteiger partial charge on any atom is -0.352 e. The summed E-state index contributed by atoms with van der Waals surface area (Å²) < 4.78 is 24.2. The van der Waals surface area contributed by atoms with Crippen LogP contribution in [0.25, 0.3) is 0 Å². The lowest BCUT2D eigenvalue weighted by atomic mass is 9.95. The van der Waals surface area contributed by atoms with Crippen LogP contribution in [0.1, 0.15) is 32.1 Å². The Balaban J connectivity index is 1.99. The molecule has 4 nitrogen and oxygen atoms in total. The number of amides is 1. The van der Waals surface area contributed by atoms with E-state index in [9.17, 15) is 13.2 Å². The van der Waals surface area contributed by atoms with Gasteiger partial charge in [-0.05, 0) is 31.0 Å². The van der Waals surface area contributed by atoms with E-state index in [1.807, 2.05) is 0 Å². The van der Waals surface area contributed by atoms with Gasteiger partial charge in [-0.2, -0.15) is 0 Å². The molecule has 0 aromatic heterocycles. The standard InChI is InChI=1S/C14H18ClNO3S/c15-11-5-4-8-13(9-11)20(18,19)10-14(17)16-12-6-2-1-3-7-12/h4-5,8-9,12H,1-3,6-7,10H2,(H,16,17). The van der Waals surface area contributed by atoms with Crippen LogP contribution < -0.4 is 5.32 Å². The topological polar surface area (TPSA) is 63.2 Å². The molecule has 0 bridgehead atoms. The van der Waals surface area contributed by atoms with Crippen LogP contribution in [-0.4, -0.2) is 26.1 Å². The van der Waals surface area contributed by atoms with Crippen LogP contribution in [0.15, 0.2) is 29.2 Å². The predicted molar refractivity (Wildman–Crippen MR) is 78.5 cm³/mol. The van der Waals surface area contributed by atoms with Gasteiger partial charge in [0.05, 0.1) is 4.90 Å². The number of rotatable bonds is 4. The van der Waals surface area contributed by atoms with Crippen molar-refractivity contribution in [3.63, 3.8) is 0 Å². The maximum Gasteiger partial charge on any atom is 0.235 e. The smallest absolute Gasteiger partial charge is 0.235 e. The van der Waals surface area contributed by atoms with E-state index in [1.54, 1.807) is 12.1 Å². The van der Waals surface area contributed by atoms with E-state index in [0.717, 1.165) is 25.7 Å². The lowest BCUT2D eigenvalue weighted by Gasteiger charge is -2.22. The monoisotopic (exact) mass is 315 g/mol. The van der Waals surface area contributed by atoms with E-state index < -0.39 is 21.5 Å². The molecule has 0 spiro atoms. The zero-order valence-corrected chi connectivity index (χ0v) is 12.7. The van der Waals surface area contributed by atoms with Gasteiger partial charge in [0.1, 0.15) is 5.75 Å². The highest BCUT2D eigenvalue weighted by molar-refractivity contribution is 7.92. The van der Waals surface area contributed by atoms with Crippen LogP contribution >= 0.6 is 11.6 Å². The van der Waals surface area contributed by atoms with Gasteiger partial charge in [-0.15, -0.1) is 0 Å². The number of halogens is 1. The van der Waals surface area contributed by atoms with Crippen molar-refractivity contribution in [2.75, 3.05) is 5.75 Å². The molecule has 0 atom stereocenters. The second-order valence-electron chi connectivity index (χ2n) is 5.12. The van der Waals surface area contributed by atoms with Crippen LogP contribution in [0, 0.1) is 0 Å². The van der Waals surface area contributed by atoms with Gasteiger partial charge >= 0.3 is 0 Å². The molecular formula is C14H18ClNO3S. The molecule has 0 aliphatic heterocycles. The minimum absolute atomic E-state index is 0.0868. The van der Waals surface area contributed by atoms with Crippen molar-refractivity contribution in [1.82, 2.24) is 5.32 Å². The second kappa shape index (κ2) is 6.59. The summed E-state index contributed by atoms with van der Waals surface area (Å²) in [5.74, 6) is -0.957. The fourth-order valence-corrected chi connectivity index (χ4v) is 3.88. The molecule has 1 fully saturated rings. The molecule has 0 heterocycles. The Morgan fingerprint density at radius 3 is 2.60 bits per heavy atom. The van der Waals surface area contributed by atoms with Crippen LogP contribution in [0.5, 0.6) is 0 Å². The van der Waals surface area contributed by atoms with E-state index in [0.29, 0.717) is 5.02 Å². The molecule has 6 heteroatoms. The maximum absolute atomic E-state index is 12.1. The van der Waals surface area contributed by atoms with Crippen molar-refractivity contribution in [3.05, 3.63) is 29.3 Å². The first kappa shape index (κ1) is 15.3. The second-order valence-corrected chi connectivity index (χ2v) is 7.54. The molecule has 110 valence electrons. The summed E-state index contributed by atoms with van der Waals surface area (Å²) >= 11 is 5.78. The summed E-state index contributed by atoms with van der Waals surface area (Å²) in [6.45, 7) is 0. The Morgan fingerprint density at radius 2 is 1.95 bits per heavy atom. The van der Waals surface area contributed by atoms with E-state index in [-0.39, 0.29) is 10.9 Å². The van der Waals surface area contributed by atoms with E-state index in [2.05, 4.69) is 5.32 Å². The molecule has 0 radical (unpaired) electrons. The van der Waals surface area contributed by atoms with Crippen molar-refractivity contribution in [1.29, 1.82) is 0 Å². The van der Waals surface area contributed by atoms with Crippen LogP contribution in [-0.2, 0) is 14.6 Å². The number of nitrogens with one attached hydrogen (secondary N) is 1. The van der Waals surface area contributed by atoms with Gasteiger partial charge in [0, 0.05) is 11.1 Å². The molecule has 1 aromatic carbocycles. The van der Waals surface area contributed by atoms with E-state index >= 15 is 0 Å². The summed E-state index contributed by atoms with van der Waals surface area (Å²) in [5, 5.41) is 3.15. The maximum atomic E-state index is 12.1. The summed E-state index contributed by atoms with van der Waals surface area (Å²) in [7, 11) is -3.63. The average molecular weight is 316 g/mol. The van der Waals surface area contributed by atoms with Crippen LogP contribution in [0.2, 0.25) is 5.02 Å². The SMILES string of the molecule is O=C(CS(=O)(=O)c1cccc(Cl)c1)NC1CCCCC1. The summed E-state index contributed by atoms with van der Waals surface area (Å²) in [6.07, 6.45) is 5.23. The van der Waals surface area contributed by atoms with Crippen LogP contribution in [0.3, 0.4) is 0 Å². The fourth-order valence-electron chi connectivity index (χ4n) is 2.43. The van der Waals surface area contributed by atoms with Gasteiger partial charge < -0.3 is 5.32 Å². The third kappa shape index (κ3) is 4.21. The molecule has 0 saturated heterocycles. The van der Waals surface area contributed by atoms with Crippen molar-refractivity contribution in [2.24, 2.45) is 0 Å². The van der Waals surface area contributed by atoms with Gasteiger partial charge in [-0.1, -0.05) is 36.9 Å². The Morgan fingerprint density at radius 1 is 1.25 bits per heavy atom. The van der Waals surface area contributed by atoms with E-state index in [1.165, 1.54) is 18.6 Å². The highest BCUT2D eigenvalue weighted by atomic mass is 35.5. The number of hydrogen-bond donors (Lipinski definition) is 1. The number of carbonyl (C=O) groups excluding carboxylic acids is 1. The van der Waals surface area contributed by atoms with Gasteiger partial charge in [0.25, 0.3) is 0 Å². The van der Waals surface area contributed by atoms with E-state index in [4.69, 9.17) is 11.6 Å². The summed E-state index contributed by atoms with van der Waals surface area (Å²) in [4.78, 5) is 11.9. The van der Waals surface area contributed by atoms with Crippen molar-refractivity contribution < 1.29 is 13.2 Å². The fraction of sp³-hybridized carbons (Fsp3) is 0.500. The van der Waals surface area contributed by atoms with Gasteiger partial charge in [-0.25, -0.2) is 8.42 Å². The molecule has 1 saturated carbocycles. The van der Waals surface area contributed by atoms with Crippen LogP contribution in [0.4, 0.5) is 0 Å². The number of sulfone groups is 1. The molecular weight excluding hydrogens is 298 g/mol. The van der Waals surface area contributed by atoms with Crippen molar-refractivity contribution in [3.8, 4) is 0 Å². The third-order valence-corrected chi connectivity index (χ3v) is 5.30. The predicted octanol–water partition coefficient (Wildman–Crippen LogP) is 2.56. The van der Waals surface area contributed by atoms with Gasteiger partial charge in [0.2, 0.25) is 5.91 Å². The lowest BCUT2D eigenvalue weighted by molar-refractivity contribution is -0.119.